The summed E-state index contributed by atoms with van der Waals surface area (Å²) in [6.45, 7) is 3.67. The Hall–Kier alpha value is -2.32. The van der Waals surface area contributed by atoms with Crippen LogP contribution in [0.25, 0.3) is 0 Å². The van der Waals surface area contributed by atoms with E-state index in [-0.39, 0.29) is 35.9 Å². The molecule has 0 radical (unpaired) electrons. The van der Waals surface area contributed by atoms with Crippen molar-refractivity contribution in [2.24, 2.45) is 11.7 Å². The minimum atomic E-state index is -4.40. The highest BCUT2D eigenvalue weighted by molar-refractivity contribution is 5.94. The molecule has 0 aliphatic heterocycles. The number of carbonyl (C=O) groups excluding carboxylic acids is 1. The Morgan fingerprint density at radius 3 is 2.23 bits per heavy atom. The van der Waals surface area contributed by atoms with Gasteiger partial charge in [0.2, 0.25) is 11.8 Å². The Balaban J connectivity index is 0.00000338. The number of nitrogens with two attached hydrogens (primary N) is 1. The Labute approximate surface area is 155 Å². The van der Waals surface area contributed by atoms with Crippen molar-refractivity contribution < 1.29 is 22.7 Å². The second-order valence-electron chi connectivity index (χ2n) is 5.77. The van der Waals surface area contributed by atoms with Crippen molar-refractivity contribution in [2.75, 3.05) is 5.32 Å². The molecule has 0 aliphatic carbocycles. The number of halogens is 4. The van der Waals surface area contributed by atoms with Crippen LogP contribution in [0.5, 0.6) is 11.6 Å². The number of carbonyl (C=O) groups is 1. The number of aromatic nitrogens is 1. The van der Waals surface area contributed by atoms with E-state index in [2.05, 4.69) is 10.3 Å². The molecule has 1 aromatic heterocycles. The van der Waals surface area contributed by atoms with Gasteiger partial charge >= 0.3 is 6.18 Å². The largest absolute Gasteiger partial charge is 0.439 e. The number of benzene rings is 1. The summed E-state index contributed by atoms with van der Waals surface area (Å²) in [5.74, 6) is 0.0773. The van der Waals surface area contributed by atoms with Crippen molar-refractivity contribution in [3.63, 3.8) is 0 Å². The van der Waals surface area contributed by atoms with E-state index in [4.69, 9.17) is 10.5 Å². The van der Waals surface area contributed by atoms with E-state index in [1.54, 1.807) is 6.07 Å². The van der Waals surface area contributed by atoms with Gasteiger partial charge in [0.25, 0.3) is 0 Å². The number of nitrogens with zero attached hydrogens (tertiary/aromatic N) is 1. The number of ether oxygens (including phenoxy) is 1. The van der Waals surface area contributed by atoms with Gasteiger partial charge in [0.1, 0.15) is 5.75 Å². The van der Waals surface area contributed by atoms with Crippen molar-refractivity contribution in [3.8, 4) is 11.6 Å². The standard InChI is InChI=1S/C17H18F3N3O2.ClH/c1-10(2)15(21)16(24)23-12-5-8-14(22-9-12)25-13-6-3-11(4-7-13)17(18,19)20;/h3-10,15H,21H2,1-2H3,(H,23,24);1H/t15-;/m0./s1. The zero-order valence-corrected chi connectivity index (χ0v) is 14.9. The lowest BCUT2D eigenvalue weighted by Crippen LogP contribution is -2.39. The summed E-state index contributed by atoms with van der Waals surface area (Å²) >= 11 is 0. The molecule has 1 heterocycles. The third-order valence-corrected chi connectivity index (χ3v) is 3.43. The molecule has 0 saturated carbocycles. The summed E-state index contributed by atoms with van der Waals surface area (Å²) in [4.78, 5) is 15.9. The molecular formula is C17H19ClF3N3O2. The van der Waals surface area contributed by atoms with Crippen molar-refractivity contribution in [2.45, 2.75) is 26.1 Å². The normalized spacial score (nSPS) is 12.3. The molecule has 9 heteroatoms. The number of hydrogen-bond donors (Lipinski definition) is 2. The molecular weight excluding hydrogens is 371 g/mol. The first-order valence-electron chi connectivity index (χ1n) is 7.54. The van der Waals surface area contributed by atoms with Crippen LogP contribution in [0.1, 0.15) is 19.4 Å². The number of alkyl halides is 3. The van der Waals surface area contributed by atoms with Crippen LogP contribution in [0.3, 0.4) is 0 Å². The van der Waals surface area contributed by atoms with E-state index in [0.29, 0.717) is 5.69 Å². The second kappa shape index (κ2) is 8.86. The van der Waals surface area contributed by atoms with Crippen LogP contribution in [0.2, 0.25) is 0 Å². The summed E-state index contributed by atoms with van der Waals surface area (Å²) in [7, 11) is 0. The highest BCUT2D eigenvalue weighted by Gasteiger charge is 2.30. The smallest absolute Gasteiger partial charge is 0.416 e. The Kier molecular flexibility index (Phi) is 7.41. The predicted octanol–water partition coefficient (Wildman–Crippen LogP) is 4.24. The molecule has 0 saturated heterocycles. The first kappa shape index (κ1) is 21.7. The Morgan fingerprint density at radius 1 is 1.15 bits per heavy atom. The molecule has 1 amide bonds. The fourth-order valence-corrected chi connectivity index (χ4v) is 1.88. The van der Waals surface area contributed by atoms with E-state index < -0.39 is 17.8 Å². The van der Waals surface area contributed by atoms with Gasteiger partial charge < -0.3 is 15.8 Å². The van der Waals surface area contributed by atoms with Gasteiger partial charge in [0, 0.05) is 6.07 Å². The van der Waals surface area contributed by atoms with Gasteiger partial charge in [0.15, 0.2) is 0 Å². The molecule has 0 bridgehead atoms. The van der Waals surface area contributed by atoms with E-state index in [0.717, 1.165) is 12.1 Å². The lowest BCUT2D eigenvalue weighted by atomic mass is 10.1. The average Bonchev–Trinajstić information content (AvgIpc) is 2.55. The minimum absolute atomic E-state index is 0. The van der Waals surface area contributed by atoms with E-state index in [1.165, 1.54) is 24.4 Å². The van der Waals surface area contributed by atoms with Crippen LogP contribution in [-0.2, 0) is 11.0 Å². The van der Waals surface area contributed by atoms with Gasteiger partial charge in [0.05, 0.1) is 23.5 Å². The van der Waals surface area contributed by atoms with Gasteiger partial charge in [-0.3, -0.25) is 4.79 Å². The van der Waals surface area contributed by atoms with Crippen LogP contribution in [0.4, 0.5) is 18.9 Å². The average molecular weight is 390 g/mol. The van der Waals surface area contributed by atoms with Crippen LogP contribution in [0.15, 0.2) is 42.6 Å². The maximum Gasteiger partial charge on any atom is 0.416 e. The van der Waals surface area contributed by atoms with Gasteiger partial charge in [-0.2, -0.15) is 13.2 Å². The lowest BCUT2D eigenvalue weighted by molar-refractivity contribution is -0.137. The van der Waals surface area contributed by atoms with Gasteiger partial charge in [-0.25, -0.2) is 4.98 Å². The Morgan fingerprint density at radius 2 is 1.77 bits per heavy atom. The molecule has 1 aromatic carbocycles. The molecule has 26 heavy (non-hydrogen) atoms. The zero-order valence-electron chi connectivity index (χ0n) is 14.1. The number of amides is 1. The summed E-state index contributed by atoms with van der Waals surface area (Å²) in [5.41, 5.74) is 5.43. The van der Waals surface area contributed by atoms with Crippen LogP contribution in [0, 0.1) is 5.92 Å². The summed E-state index contributed by atoms with van der Waals surface area (Å²) < 4.78 is 42.9. The molecule has 0 spiro atoms. The lowest BCUT2D eigenvalue weighted by Gasteiger charge is -2.15. The summed E-state index contributed by atoms with van der Waals surface area (Å²) in [6, 6.07) is 6.70. The number of rotatable bonds is 5. The molecule has 0 unspecified atom stereocenters. The van der Waals surface area contributed by atoms with E-state index in [9.17, 15) is 18.0 Å². The molecule has 5 nitrogen and oxygen atoms in total. The first-order chi connectivity index (χ1) is 11.7. The number of hydrogen-bond acceptors (Lipinski definition) is 4. The first-order valence-corrected chi connectivity index (χ1v) is 7.54. The highest BCUT2D eigenvalue weighted by atomic mass is 35.5. The van der Waals surface area contributed by atoms with Gasteiger partial charge in [-0.15, -0.1) is 12.4 Å². The zero-order chi connectivity index (χ0) is 18.6. The summed E-state index contributed by atoms with van der Waals surface area (Å²) in [6.07, 6.45) is -3.02. The summed E-state index contributed by atoms with van der Waals surface area (Å²) in [5, 5.41) is 2.63. The highest BCUT2D eigenvalue weighted by Crippen LogP contribution is 2.31. The molecule has 1 atom stereocenters. The fraction of sp³-hybridized carbons (Fsp3) is 0.294. The van der Waals surface area contributed by atoms with Crippen molar-refractivity contribution in [1.82, 2.24) is 4.98 Å². The molecule has 2 rings (SSSR count). The maximum atomic E-state index is 12.5. The van der Waals surface area contributed by atoms with Crippen molar-refractivity contribution in [3.05, 3.63) is 48.2 Å². The molecule has 2 aromatic rings. The van der Waals surface area contributed by atoms with E-state index >= 15 is 0 Å². The SMILES string of the molecule is CC(C)[C@H](N)C(=O)Nc1ccc(Oc2ccc(C(F)(F)F)cc2)nc1.Cl. The van der Waals surface area contributed by atoms with Gasteiger partial charge in [-0.05, 0) is 36.2 Å². The third-order valence-electron chi connectivity index (χ3n) is 3.43. The fourth-order valence-electron chi connectivity index (χ4n) is 1.88. The minimum Gasteiger partial charge on any atom is -0.439 e. The third kappa shape index (κ3) is 5.89. The van der Waals surface area contributed by atoms with Crippen LogP contribution in [-0.4, -0.2) is 16.9 Å². The maximum absolute atomic E-state index is 12.5. The van der Waals surface area contributed by atoms with Crippen molar-refractivity contribution >= 4 is 24.0 Å². The van der Waals surface area contributed by atoms with Crippen LogP contribution < -0.4 is 15.8 Å². The topological polar surface area (TPSA) is 77.2 Å². The predicted molar refractivity (Wildman–Crippen MR) is 94.4 cm³/mol. The molecule has 0 fully saturated rings. The Bertz CT molecular complexity index is 720. The van der Waals surface area contributed by atoms with Crippen LogP contribution >= 0.6 is 12.4 Å². The molecule has 0 aliphatic rings. The quantitative estimate of drug-likeness (QED) is 0.802. The second-order valence-corrected chi connectivity index (χ2v) is 5.77. The van der Waals surface area contributed by atoms with Gasteiger partial charge in [-0.1, -0.05) is 13.8 Å². The molecule has 3 N–H and O–H groups in total. The molecule has 142 valence electrons. The van der Waals surface area contributed by atoms with E-state index in [1.807, 2.05) is 13.8 Å². The van der Waals surface area contributed by atoms with Crippen molar-refractivity contribution in [1.29, 1.82) is 0 Å². The monoisotopic (exact) mass is 389 g/mol. The number of anilines is 1. The number of pyridine rings is 1. The number of nitrogens with one attached hydrogen (secondary N) is 1.